The van der Waals surface area contributed by atoms with Crippen LogP contribution < -0.4 is 15.2 Å². The number of para-hydroxylation sites is 1. The number of ether oxygens (including phenoxy) is 3. The third-order valence-corrected chi connectivity index (χ3v) is 5.56. The normalized spacial score (nSPS) is 18.8. The number of methoxy groups -OCH3 is 2. The SMILES string of the molecule is COc1c(C(N)=O)cccc1C1CCN(CCCOc2ccc(F)cc2)CC1OC.O. The molecule has 1 amide bonds. The van der Waals surface area contributed by atoms with E-state index in [2.05, 4.69) is 4.90 Å². The number of nitrogens with zero attached hydrogens (tertiary/aromatic N) is 1. The summed E-state index contributed by atoms with van der Waals surface area (Å²) in [6, 6.07) is 11.6. The first-order valence-electron chi connectivity index (χ1n) is 10.1. The van der Waals surface area contributed by atoms with Gasteiger partial charge in [-0.1, -0.05) is 12.1 Å². The molecule has 1 fully saturated rings. The molecule has 0 radical (unpaired) electrons. The molecule has 0 spiro atoms. The lowest BCUT2D eigenvalue weighted by atomic mass is 9.85. The minimum Gasteiger partial charge on any atom is -0.496 e. The highest BCUT2D eigenvalue weighted by Gasteiger charge is 2.33. The van der Waals surface area contributed by atoms with Gasteiger partial charge in [0.25, 0.3) is 5.91 Å². The first-order chi connectivity index (χ1) is 14.5. The van der Waals surface area contributed by atoms with Crippen LogP contribution in [0.1, 0.15) is 34.7 Å². The number of halogens is 1. The molecular weight excluding hydrogens is 403 g/mol. The van der Waals surface area contributed by atoms with Gasteiger partial charge in [-0.05, 0) is 49.7 Å². The van der Waals surface area contributed by atoms with Gasteiger partial charge in [0.2, 0.25) is 0 Å². The number of benzene rings is 2. The summed E-state index contributed by atoms with van der Waals surface area (Å²) < 4.78 is 29.9. The fourth-order valence-corrected chi connectivity index (χ4v) is 4.06. The highest BCUT2D eigenvalue weighted by Crippen LogP contribution is 2.37. The molecule has 7 nitrogen and oxygen atoms in total. The molecule has 170 valence electrons. The van der Waals surface area contributed by atoms with Crippen LogP contribution in [0.4, 0.5) is 4.39 Å². The number of rotatable bonds is 9. The fraction of sp³-hybridized carbons (Fsp3) is 0.435. The van der Waals surface area contributed by atoms with Crippen molar-refractivity contribution < 1.29 is 28.9 Å². The lowest BCUT2D eigenvalue weighted by Gasteiger charge is -2.38. The van der Waals surface area contributed by atoms with E-state index in [4.69, 9.17) is 19.9 Å². The summed E-state index contributed by atoms with van der Waals surface area (Å²) in [7, 11) is 3.27. The molecule has 4 N–H and O–H groups in total. The standard InChI is InChI=1S/C23H29FN2O4.H2O/c1-28-21-15-26(12-4-14-30-17-9-7-16(24)8-10-17)13-11-18(21)19-5-3-6-20(23(25)27)22(19)29-2;/h3,5-10,18,21H,4,11-15H2,1-2H3,(H2,25,27);1H2. The van der Waals surface area contributed by atoms with Crippen LogP contribution in [0.15, 0.2) is 42.5 Å². The van der Waals surface area contributed by atoms with Crippen LogP contribution in [0.5, 0.6) is 11.5 Å². The first-order valence-corrected chi connectivity index (χ1v) is 10.1. The molecule has 1 aliphatic rings. The van der Waals surface area contributed by atoms with Crippen LogP contribution in [0, 0.1) is 5.82 Å². The van der Waals surface area contributed by atoms with Gasteiger partial charge in [-0.2, -0.15) is 0 Å². The quantitative estimate of drug-likeness (QED) is 0.610. The van der Waals surface area contributed by atoms with Crippen LogP contribution >= 0.6 is 0 Å². The number of hydrogen-bond donors (Lipinski definition) is 1. The van der Waals surface area contributed by atoms with Gasteiger partial charge in [-0.3, -0.25) is 4.79 Å². The van der Waals surface area contributed by atoms with Gasteiger partial charge in [0.1, 0.15) is 17.3 Å². The number of primary amides is 1. The molecule has 1 aliphatic heterocycles. The third kappa shape index (κ3) is 6.16. The second kappa shape index (κ2) is 11.6. The summed E-state index contributed by atoms with van der Waals surface area (Å²) in [6.45, 7) is 3.14. The van der Waals surface area contributed by atoms with E-state index in [0.717, 1.165) is 38.0 Å². The summed E-state index contributed by atoms with van der Waals surface area (Å²) in [6.07, 6.45) is 1.73. The van der Waals surface area contributed by atoms with E-state index in [-0.39, 0.29) is 23.3 Å². The minimum atomic E-state index is -0.499. The Labute approximate surface area is 182 Å². The van der Waals surface area contributed by atoms with Gasteiger partial charge in [0, 0.05) is 31.7 Å². The van der Waals surface area contributed by atoms with Crippen molar-refractivity contribution >= 4 is 5.91 Å². The molecule has 2 atom stereocenters. The Kier molecular flexibility index (Phi) is 9.23. The Morgan fingerprint density at radius 3 is 2.58 bits per heavy atom. The average molecular weight is 435 g/mol. The lowest BCUT2D eigenvalue weighted by molar-refractivity contribution is 0.0126. The van der Waals surface area contributed by atoms with Gasteiger partial charge in [-0.25, -0.2) is 4.39 Å². The van der Waals surface area contributed by atoms with Crippen molar-refractivity contribution in [3.63, 3.8) is 0 Å². The number of piperidine rings is 1. The van der Waals surface area contributed by atoms with Gasteiger partial charge in [-0.15, -0.1) is 0 Å². The minimum absolute atomic E-state index is 0. The number of hydrogen-bond acceptors (Lipinski definition) is 5. The summed E-state index contributed by atoms with van der Waals surface area (Å²) in [4.78, 5) is 14.1. The molecule has 2 aromatic rings. The van der Waals surface area contributed by atoms with Gasteiger partial charge < -0.3 is 30.3 Å². The predicted octanol–water partition coefficient (Wildman–Crippen LogP) is 2.38. The molecule has 0 aliphatic carbocycles. The lowest BCUT2D eigenvalue weighted by Crippen LogP contribution is -2.44. The highest BCUT2D eigenvalue weighted by molar-refractivity contribution is 5.96. The van der Waals surface area contributed by atoms with Crippen LogP contribution in [0.3, 0.4) is 0 Å². The van der Waals surface area contributed by atoms with E-state index in [0.29, 0.717) is 23.7 Å². The number of amides is 1. The van der Waals surface area contributed by atoms with E-state index in [1.54, 1.807) is 32.4 Å². The van der Waals surface area contributed by atoms with Crippen LogP contribution in [-0.4, -0.2) is 62.8 Å². The Hall–Kier alpha value is -2.68. The van der Waals surface area contributed by atoms with Crippen LogP contribution in [0.25, 0.3) is 0 Å². The maximum atomic E-state index is 12.9. The van der Waals surface area contributed by atoms with Crippen molar-refractivity contribution in [2.45, 2.75) is 24.9 Å². The molecule has 0 saturated carbocycles. The number of carbonyl (C=O) groups is 1. The smallest absolute Gasteiger partial charge is 0.252 e. The van der Waals surface area contributed by atoms with Crippen LogP contribution in [0.2, 0.25) is 0 Å². The summed E-state index contributed by atoms with van der Waals surface area (Å²) in [5, 5.41) is 0. The number of nitrogens with two attached hydrogens (primary N) is 1. The fourth-order valence-electron chi connectivity index (χ4n) is 4.06. The molecule has 0 aromatic heterocycles. The zero-order chi connectivity index (χ0) is 21.5. The molecule has 1 heterocycles. The van der Waals surface area contributed by atoms with Crippen LogP contribution in [-0.2, 0) is 4.74 Å². The number of carbonyl (C=O) groups excluding carboxylic acids is 1. The first kappa shape index (κ1) is 24.6. The summed E-state index contributed by atoms with van der Waals surface area (Å²) in [5.41, 5.74) is 6.86. The molecule has 2 unspecified atom stereocenters. The number of likely N-dealkylation sites (tertiary alicyclic amines) is 1. The Bertz CT molecular complexity index is 846. The largest absolute Gasteiger partial charge is 0.496 e. The molecule has 1 saturated heterocycles. The second-order valence-electron chi connectivity index (χ2n) is 7.42. The van der Waals surface area contributed by atoms with E-state index in [1.165, 1.54) is 12.1 Å². The molecule has 2 aromatic carbocycles. The topological polar surface area (TPSA) is 106 Å². The average Bonchev–Trinajstić information content (AvgIpc) is 2.77. The zero-order valence-corrected chi connectivity index (χ0v) is 18.0. The Morgan fingerprint density at radius 2 is 1.94 bits per heavy atom. The second-order valence-corrected chi connectivity index (χ2v) is 7.42. The van der Waals surface area contributed by atoms with Crippen molar-refractivity contribution in [3.05, 3.63) is 59.4 Å². The van der Waals surface area contributed by atoms with Crippen molar-refractivity contribution in [2.24, 2.45) is 5.73 Å². The Balaban J connectivity index is 0.00000341. The van der Waals surface area contributed by atoms with E-state index in [9.17, 15) is 9.18 Å². The van der Waals surface area contributed by atoms with Gasteiger partial charge in [0.05, 0.1) is 25.4 Å². The van der Waals surface area contributed by atoms with E-state index >= 15 is 0 Å². The monoisotopic (exact) mass is 434 g/mol. The molecule has 3 rings (SSSR count). The zero-order valence-electron chi connectivity index (χ0n) is 18.0. The van der Waals surface area contributed by atoms with Gasteiger partial charge in [0.15, 0.2) is 0 Å². The third-order valence-electron chi connectivity index (χ3n) is 5.56. The van der Waals surface area contributed by atoms with Crippen molar-refractivity contribution in [1.82, 2.24) is 4.90 Å². The highest BCUT2D eigenvalue weighted by atomic mass is 19.1. The van der Waals surface area contributed by atoms with E-state index < -0.39 is 5.91 Å². The Morgan fingerprint density at radius 1 is 1.19 bits per heavy atom. The molecule has 31 heavy (non-hydrogen) atoms. The van der Waals surface area contributed by atoms with Crippen molar-refractivity contribution in [2.75, 3.05) is 40.5 Å². The van der Waals surface area contributed by atoms with Crippen molar-refractivity contribution in [1.29, 1.82) is 0 Å². The maximum absolute atomic E-state index is 12.9. The van der Waals surface area contributed by atoms with E-state index in [1.807, 2.05) is 12.1 Å². The molecular formula is C23H31FN2O5. The summed E-state index contributed by atoms with van der Waals surface area (Å²) >= 11 is 0. The maximum Gasteiger partial charge on any atom is 0.252 e. The molecule has 8 heteroatoms. The summed E-state index contributed by atoms with van der Waals surface area (Å²) in [5.74, 6) is 0.565. The van der Waals surface area contributed by atoms with Crippen molar-refractivity contribution in [3.8, 4) is 11.5 Å². The molecule has 0 bridgehead atoms. The van der Waals surface area contributed by atoms with Gasteiger partial charge >= 0.3 is 0 Å². The predicted molar refractivity (Wildman–Crippen MR) is 116 cm³/mol.